The summed E-state index contributed by atoms with van der Waals surface area (Å²) >= 11 is 6.43. The molecule has 24 heavy (non-hydrogen) atoms. The summed E-state index contributed by atoms with van der Waals surface area (Å²) in [4.78, 5) is 19.1. The Hall–Kier alpha value is -2.34. The maximum Gasteiger partial charge on any atom is 0.254 e. The Morgan fingerprint density at radius 1 is 1.33 bits per heavy atom. The van der Waals surface area contributed by atoms with Crippen LogP contribution in [0.1, 0.15) is 32.4 Å². The van der Waals surface area contributed by atoms with Crippen LogP contribution in [0, 0.1) is 0 Å². The third-order valence-corrected chi connectivity index (χ3v) is 4.62. The molecule has 0 bridgehead atoms. The minimum Gasteiger partial charge on any atom is -0.339 e. The van der Waals surface area contributed by atoms with E-state index in [-0.39, 0.29) is 5.91 Å². The third kappa shape index (κ3) is 2.67. The monoisotopic (exact) mass is 345 g/mol. The zero-order chi connectivity index (χ0) is 17.3. The number of fused-ring (bicyclic) bond motifs is 1. The highest BCUT2D eigenvalue weighted by Crippen LogP contribution is 2.38. The lowest BCUT2D eigenvalue weighted by Gasteiger charge is -2.32. The molecular weight excluding hydrogens is 326 g/mol. The van der Waals surface area contributed by atoms with Crippen LogP contribution < -0.4 is 5.32 Å². The normalized spacial score (nSPS) is 16.6. The van der Waals surface area contributed by atoms with E-state index in [1.807, 2.05) is 45.0 Å². The van der Waals surface area contributed by atoms with E-state index in [9.17, 15) is 4.79 Å². The van der Waals surface area contributed by atoms with E-state index in [1.54, 1.807) is 9.58 Å². The smallest absolute Gasteiger partial charge is 0.254 e. The highest BCUT2D eigenvalue weighted by Gasteiger charge is 2.35. The molecule has 0 aliphatic carbocycles. The molecule has 2 heterocycles. The average Bonchev–Trinajstić information content (AvgIpc) is 3.03. The molecule has 3 rings (SSSR count). The van der Waals surface area contributed by atoms with E-state index in [2.05, 4.69) is 15.4 Å². The molecule has 1 N–H and O–H groups in total. The first kappa shape index (κ1) is 16.5. The van der Waals surface area contributed by atoms with Crippen molar-refractivity contribution < 1.29 is 4.79 Å². The molecule has 0 spiro atoms. The van der Waals surface area contributed by atoms with E-state index >= 15 is 0 Å². The largest absolute Gasteiger partial charge is 0.339 e. The Bertz CT molecular complexity index is 794. The van der Waals surface area contributed by atoms with Crippen molar-refractivity contribution in [3.8, 4) is 0 Å². The number of hydrogen-bond donors (Lipinski definition) is 1. The van der Waals surface area contributed by atoms with Crippen LogP contribution in [0.5, 0.6) is 0 Å². The fourth-order valence-corrected chi connectivity index (χ4v) is 3.27. The summed E-state index contributed by atoms with van der Waals surface area (Å²) in [6.45, 7) is 7.12. The molecule has 1 atom stereocenters. The SMILES string of the molecule is CCN(CC)C(=O)C1=C(C)Nc2ncnn2C1c1ccccc1Cl. The van der Waals surface area contributed by atoms with Crippen molar-refractivity contribution >= 4 is 23.5 Å². The highest BCUT2D eigenvalue weighted by molar-refractivity contribution is 6.31. The van der Waals surface area contributed by atoms with E-state index < -0.39 is 6.04 Å². The van der Waals surface area contributed by atoms with E-state index in [4.69, 9.17) is 11.6 Å². The molecule has 1 amide bonds. The van der Waals surface area contributed by atoms with Gasteiger partial charge in [-0.3, -0.25) is 4.79 Å². The van der Waals surface area contributed by atoms with Crippen LogP contribution in [0.3, 0.4) is 0 Å². The van der Waals surface area contributed by atoms with Gasteiger partial charge in [-0.05, 0) is 26.8 Å². The average molecular weight is 346 g/mol. The van der Waals surface area contributed by atoms with Gasteiger partial charge in [0, 0.05) is 29.4 Å². The predicted octanol–water partition coefficient (Wildman–Crippen LogP) is 3.09. The van der Waals surface area contributed by atoms with Gasteiger partial charge in [0.05, 0.1) is 5.57 Å². The molecule has 2 aromatic rings. The maximum absolute atomic E-state index is 13.1. The number of carbonyl (C=O) groups excluding carboxylic acids is 1. The van der Waals surface area contributed by atoms with Gasteiger partial charge < -0.3 is 10.2 Å². The Labute approximate surface area is 146 Å². The number of likely N-dealkylation sites (N-methyl/N-ethyl adjacent to an activating group) is 1. The number of aromatic nitrogens is 3. The van der Waals surface area contributed by atoms with Gasteiger partial charge in [-0.2, -0.15) is 10.1 Å². The van der Waals surface area contributed by atoms with Gasteiger partial charge in [-0.15, -0.1) is 0 Å². The van der Waals surface area contributed by atoms with Gasteiger partial charge in [0.25, 0.3) is 5.91 Å². The van der Waals surface area contributed by atoms with Crippen LogP contribution in [-0.2, 0) is 4.79 Å². The number of amides is 1. The molecule has 1 aliphatic heterocycles. The number of benzene rings is 1. The molecular formula is C17H20ClN5O. The number of nitrogens with zero attached hydrogens (tertiary/aromatic N) is 4. The fourth-order valence-electron chi connectivity index (χ4n) is 3.03. The van der Waals surface area contributed by atoms with Crippen molar-refractivity contribution in [1.82, 2.24) is 19.7 Å². The minimum absolute atomic E-state index is 0.0175. The topological polar surface area (TPSA) is 63.1 Å². The second-order valence-electron chi connectivity index (χ2n) is 5.59. The van der Waals surface area contributed by atoms with Crippen molar-refractivity contribution in [2.75, 3.05) is 18.4 Å². The molecule has 0 saturated carbocycles. The molecule has 6 nitrogen and oxygen atoms in total. The van der Waals surface area contributed by atoms with Crippen molar-refractivity contribution in [2.45, 2.75) is 26.8 Å². The number of halogens is 1. The lowest BCUT2D eigenvalue weighted by atomic mass is 9.94. The van der Waals surface area contributed by atoms with E-state index in [0.717, 1.165) is 11.3 Å². The molecule has 0 radical (unpaired) electrons. The molecule has 1 unspecified atom stereocenters. The zero-order valence-corrected chi connectivity index (χ0v) is 14.7. The molecule has 0 saturated heterocycles. The van der Waals surface area contributed by atoms with Crippen LogP contribution in [0.15, 0.2) is 41.9 Å². The van der Waals surface area contributed by atoms with Gasteiger partial charge in [0.15, 0.2) is 0 Å². The molecule has 126 valence electrons. The summed E-state index contributed by atoms with van der Waals surface area (Å²) < 4.78 is 1.71. The highest BCUT2D eigenvalue weighted by atomic mass is 35.5. The van der Waals surface area contributed by atoms with Crippen LogP contribution in [0.25, 0.3) is 0 Å². The molecule has 1 aromatic carbocycles. The molecule has 1 aliphatic rings. The summed E-state index contributed by atoms with van der Waals surface area (Å²) in [7, 11) is 0. The summed E-state index contributed by atoms with van der Waals surface area (Å²) in [6, 6.07) is 7.13. The van der Waals surface area contributed by atoms with Gasteiger partial charge in [0.1, 0.15) is 12.4 Å². The maximum atomic E-state index is 13.1. The first-order chi connectivity index (χ1) is 11.6. The Morgan fingerprint density at radius 2 is 2.04 bits per heavy atom. The third-order valence-electron chi connectivity index (χ3n) is 4.28. The first-order valence-corrected chi connectivity index (χ1v) is 8.37. The van der Waals surface area contributed by atoms with E-state index in [0.29, 0.717) is 29.6 Å². The van der Waals surface area contributed by atoms with Crippen molar-refractivity contribution in [1.29, 1.82) is 0 Å². The van der Waals surface area contributed by atoms with Crippen molar-refractivity contribution in [2.24, 2.45) is 0 Å². The number of rotatable bonds is 4. The standard InChI is InChI=1S/C17H20ClN5O/c1-4-22(5-2)16(24)14-11(3)21-17-19-10-20-23(17)15(14)12-8-6-7-9-13(12)18/h6-10,15H,4-5H2,1-3H3,(H,19,20,21). The van der Waals surface area contributed by atoms with Crippen LogP contribution in [-0.4, -0.2) is 38.7 Å². The summed E-state index contributed by atoms with van der Waals surface area (Å²) in [5.41, 5.74) is 2.25. The Kier molecular flexibility index (Phi) is 4.57. The molecule has 1 aromatic heterocycles. The number of nitrogens with one attached hydrogen (secondary N) is 1. The lowest BCUT2D eigenvalue weighted by molar-refractivity contribution is -0.127. The van der Waals surface area contributed by atoms with Crippen molar-refractivity contribution in [3.63, 3.8) is 0 Å². The number of carbonyl (C=O) groups is 1. The Morgan fingerprint density at radius 3 is 2.71 bits per heavy atom. The van der Waals surface area contributed by atoms with Crippen LogP contribution in [0.4, 0.5) is 5.95 Å². The van der Waals surface area contributed by atoms with Crippen LogP contribution in [0.2, 0.25) is 5.02 Å². The van der Waals surface area contributed by atoms with Gasteiger partial charge in [0.2, 0.25) is 5.95 Å². The zero-order valence-electron chi connectivity index (χ0n) is 14.0. The summed E-state index contributed by atoms with van der Waals surface area (Å²) in [6.07, 6.45) is 1.48. The van der Waals surface area contributed by atoms with Crippen LogP contribution >= 0.6 is 11.6 Å². The van der Waals surface area contributed by atoms with E-state index in [1.165, 1.54) is 6.33 Å². The summed E-state index contributed by atoms with van der Waals surface area (Å²) in [5, 5.41) is 8.09. The first-order valence-electron chi connectivity index (χ1n) is 7.99. The Balaban J connectivity index is 2.17. The van der Waals surface area contributed by atoms with Gasteiger partial charge >= 0.3 is 0 Å². The lowest BCUT2D eigenvalue weighted by Crippen LogP contribution is -2.38. The second-order valence-corrected chi connectivity index (χ2v) is 6.00. The second kappa shape index (κ2) is 6.65. The summed E-state index contributed by atoms with van der Waals surface area (Å²) in [5.74, 6) is 0.588. The molecule has 0 fully saturated rings. The number of anilines is 1. The fraction of sp³-hybridized carbons (Fsp3) is 0.353. The number of allylic oxidation sites excluding steroid dienone is 1. The van der Waals surface area contributed by atoms with Gasteiger partial charge in [-0.25, -0.2) is 4.68 Å². The number of hydrogen-bond acceptors (Lipinski definition) is 4. The minimum atomic E-state index is -0.398. The predicted molar refractivity (Wildman–Crippen MR) is 93.9 cm³/mol. The quantitative estimate of drug-likeness (QED) is 0.924. The van der Waals surface area contributed by atoms with Crippen molar-refractivity contribution in [3.05, 3.63) is 52.4 Å². The van der Waals surface area contributed by atoms with Gasteiger partial charge in [-0.1, -0.05) is 29.8 Å². The molecule has 7 heteroatoms.